The van der Waals surface area contributed by atoms with Crippen molar-refractivity contribution < 1.29 is 14.6 Å². The zero-order valence-corrected chi connectivity index (χ0v) is 12.4. The lowest BCUT2D eigenvalue weighted by atomic mass is 10.3. The third-order valence-electron chi connectivity index (χ3n) is 2.85. The topological polar surface area (TPSA) is 64.4 Å². The summed E-state index contributed by atoms with van der Waals surface area (Å²) >= 11 is 12.0. The quantitative estimate of drug-likeness (QED) is 0.887. The Morgan fingerprint density at radius 2 is 2.10 bits per heavy atom. The van der Waals surface area contributed by atoms with Gasteiger partial charge in [-0.25, -0.2) is 4.98 Å². The Morgan fingerprint density at radius 3 is 2.75 bits per heavy atom. The van der Waals surface area contributed by atoms with E-state index in [1.165, 1.54) is 0 Å². The normalized spacial score (nSPS) is 11.2. The lowest BCUT2D eigenvalue weighted by Crippen LogP contribution is -2.09. The summed E-state index contributed by atoms with van der Waals surface area (Å²) in [6.07, 6.45) is 0.00479. The molecule has 20 heavy (non-hydrogen) atoms. The van der Waals surface area contributed by atoms with E-state index in [0.29, 0.717) is 41.1 Å². The van der Waals surface area contributed by atoms with E-state index in [4.69, 9.17) is 33.0 Å². The molecular weight excluding hydrogens is 303 g/mol. The molecular formula is C13H14Cl2N2O3. The highest BCUT2D eigenvalue weighted by Gasteiger charge is 2.14. The van der Waals surface area contributed by atoms with Crippen LogP contribution in [0, 0.1) is 0 Å². The van der Waals surface area contributed by atoms with E-state index in [-0.39, 0.29) is 6.42 Å². The SMILES string of the molecule is CCOCc1nc2cc(Cl)c(Cl)cc2n1CCC(=O)O. The number of hydrogen-bond acceptors (Lipinski definition) is 3. The van der Waals surface area contributed by atoms with Crippen LogP contribution in [0.4, 0.5) is 0 Å². The first-order valence-electron chi connectivity index (χ1n) is 6.16. The molecule has 0 radical (unpaired) electrons. The number of aromatic nitrogens is 2. The molecule has 7 heteroatoms. The van der Waals surface area contributed by atoms with Crippen molar-refractivity contribution in [2.24, 2.45) is 0 Å². The number of benzene rings is 1. The van der Waals surface area contributed by atoms with Crippen LogP contribution in [0.2, 0.25) is 10.0 Å². The predicted octanol–water partition coefficient (Wildman–Crippen LogP) is 3.35. The standard InChI is InChI=1S/C13H14Cl2N2O3/c1-2-20-7-12-16-10-5-8(14)9(15)6-11(10)17(12)4-3-13(18)19/h5-6H,2-4,7H2,1H3,(H,18,19). The number of ether oxygens (including phenoxy) is 1. The minimum absolute atomic E-state index is 0.00479. The maximum atomic E-state index is 10.8. The van der Waals surface area contributed by atoms with Crippen molar-refractivity contribution in [1.82, 2.24) is 9.55 Å². The number of carbonyl (C=O) groups is 1. The van der Waals surface area contributed by atoms with E-state index in [9.17, 15) is 4.79 Å². The molecule has 2 rings (SSSR count). The average Bonchev–Trinajstić information content (AvgIpc) is 2.71. The first kappa shape index (κ1) is 15.1. The van der Waals surface area contributed by atoms with Crippen molar-refractivity contribution in [3.63, 3.8) is 0 Å². The van der Waals surface area contributed by atoms with Gasteiger partial charge in [0.15, 0.2) is 0 Å². The van der Waals surface area contributed by atoms with Gasteiger partial charge in [-0.1, -0.05) is 23.2 Å². The van der Waals surface area contributed by atoms with Gasteiger partial charge in [0.1, 0.15) is 12.4 Å². The van der Waals surface area contributed by atoms with Gasteiger partial charge in [0.2, 0.25) is 0 Å². The smallest absolute Gasteiger partial charge is 0.305 e. The number of hydrogen-bond donors (Lipinski definition) is 1. The summed E-state index contributed by atoms with van der Waals surface area (Å²) in [5.74, 6) is -0.198. The van der Waals surface area contributed by atoms with Crippen molar-refractivity contribution in [2.75, 3.05) is 6.61 Å². The molecule has 0 bridgehead atoms. The van der Waals surface area contributed by atoms with Crippen molar-refractivity contribution in [3.05, 3.63) is 28.0 Å². The van der Waals surface area contributed by atoms with Crippen LogP contribution in [-0.4, -0.2) is 27.2 Å². The van der Waals surface area contributed by atoms with Crippen molar-refractivity contribution >= 4 is 40.2 Å². The highest BCUT2D eigenvalue weighted by molar-refractivity contribution is 6.42. The summed E-state index contributed by atoms with van der Waals surface area (Å²) in [7, 11) is 0. The van der Waals surface area contributed by atoms with Crippen molar-refractivity contribution in [2.45, 2.75) is 26.5 Å². The van der Waals surface area contributed by atoms with Gasteiger partial charge in [-0.15, -0.1) is 0 Å². The summed E-state index contributed by atoms with van der Waals surface area (Å²) < 4.78 is 7.17. The molecule has 0 unspecified atom stereocenters. The molecule has 1 heterocycles. The van der Waals surface area contributed by atoms with E-state index in [1.807, 2.05) is 6.92 Å². The lowest BCUT2D eigenvalue weighted by Gasteiger charge is -2.08. The molecule has 0 aliphatic carbocycles. The fourth-order valence-electron chi connectivity index (χ4n) is 1.93. The van der Waals surface area contributed by atoms with Gasteiger partial charge in [0.25, 0.3) is 0 Å². The van der Waals surface area contributed by atoms with Crippen LogP contribution in [0.1, 0.15) is 19.2 Å². The minimum atomic E-state index is -0.866. The Morgan fingerprint density at radius 1 is 1.40 bits per heavy atom. The van der Waals surface area contributed by atoms with E-state index in [0.717, 1.165) is 5.52 Å². The second-order valence-electron chi connectivity index (χ2n) is 4.22. The zero-order chi connectivity index (χ0) is 14.7. The second-order valence-corrected chi connectivity index (χ2v) is 5.03. The molecule has 0 aliphatic rings. The zero-order valence-electron chi connectivity index (χ0n) is 10.9. The molecule has 1 aromatic heterocycles. The van der Waals surface area contributed by atoms with Crippen LogP contribution in [0.25, 0.3) is 11.0 Å². The number of imidazole rings is 1. The second kappa shape index (κ2) is 6.43. The maximum absolute atomic E-state index is 10.8. The summed E-state index contributed by atoms with van der Waals surface area (Å²) in [6, 6.07) is 3.37. The Labute approximate surface area is 126 Å². The van der Waals surface area contributed by atoms with Crippen LogP contribution >= 0.6 is 23.2 Å². The number of halogens is 2. The van der Waals surface area contributed by atoms with Gasteiger partial charge in [-0.3, -0.25) is 4.79 Å². The highest BCUT2D eigenvalue weighted by Crippen LogP contribution is 2.28. The summed E-state index contributed by atoms with van der Waals surface area (Å²) in [5, 5.41) is 9.67. The van der Waals surface area contributed by atoms with Gasteiger partial charge < -0.3 is 14.4 Å². The van der Waals surface area contributed by atoms with Crippen LogP contribution < -0.4 is 0 Å². The van der Waals surface area contributed by atoms with Gasteiger partial charge in [-0.05, 0) is 19.1 Å². The Hall–Kier alpha value is -1.30. The molecule has 108 valence electrons. The van der Waals surface area contributed by atoms with Gasteiger partial charge in [0.05, 0.1) is 27.5 Å². The largest absolute Gasteiger partial charge is 0.481 e. The molecule has 0 atom stereocenters. The molecule has 5 nitrogen and oxygen atoms in total. The first-order chi connectivity index (χ1) is 9.52. The Bertz CT molecular complexity index is 640. The van der Waals surface area contributed by atoms with Crippen molar-refractivity contribution in [1.29, 1.82) is 0 Å². The van der Waals surface area contributed by atoms with Crippen LogP contribution in [0.15, 0.2) is 12.1 Å². The molecule has 1 aromatic carbocycles. The Balaban J connectivity index is 2.46. The molecule has 2 aromatic rings. The van der Waals surface area contributed by atoms with E-state index >= 15 is 0 Å². The number of fused-ring (bicyclic) bond motifs is 1. The van der Waals surface area contributed by atoms with Crippen molar-refractivity contribution in [3.8, 4) is 0 Å². The predicted molar refractivity (Wildman–Crippen MR) is 77.3 cm³/mol. The van der Waals surface area contributed by atoms with E-state index in [2.05, 4.69) is 4.98 Å². The fourth-order valence-corrected chi connectivity index (χ4v) is 2.25. The highest BCUT2D eigenvalue weighted by atomic mass is 35.5. The number of nitrogens with zero attached hydrogens (tertiary/aromatic N) is 2. The van der Waals surface area contributed by atoms with E-state index in [1.54, 1.807) is 16.7 Å². The van der Waals surface area contributed by atoms with Gasteiger partial charge in [0, 0.05) is 13.2 Å². The number of carboxylic acids is 1. The monoisotopic (exact) mass is 316 g/mol. The van der Waals surface area contributed by atoms with Crippen LogP contribution in [0.3, 0.4) is 0 Å². The average molecular weight is 317 g/mol. The molecule has 0 amide bonds. The molecule has 0 spiro atoms. The first-order valence-corrected chi connectivity index (χ1v) is 6.92. The minimum Gasteiger partial charge on any atom is -0.481 e. The summed E-state index contributed by atoms with van der Waals surface area (Å²) in [4.78, 5) is 15.2. The molecule has 0 aliphatic heterocycles. The third kappa shape index (κ3) is 3.23. The number of aryl methyl sites for hydroxylation is 1. The summed E-state index contributed by atoms with van der Waals surface area (Å²) in [5.41, 5.74) is 1.44. The number of aliphatic carboxylic acids is 1. The van der Waals surface area contributed by atoms with Gasteiger partial charge >= 0.3 is 5.97 Å². The molecule has 0 fully saturated rings. The third-order valence-corrected chi connectivity index (χ3v) is 3.58. The number of rotatable bonds is 6. The number of carboxylic acid groups (broad SMARTS) is 1. The van der Waals surface area contributed by atoms with Gasteiger partial charge in [-0.2, -0.15) is 0 Å². The maximum Gasteiger partial charge on any atom is 0.305 e. The fraction of sp³-hybridized carbons (Fsp3) is 0.385. The molecule has 0 saturated carbocycles. The Kier molecular flexibility index (Phi) is 4.86. The summed E-state index contributed by atoms with van der Waals surface area (Å²) in [6.45, 7) is 3.08. The molecule has 1 N–H and O–H groups in total. The lowest BCUT2D eigenvalue weighted by molar-refractivity contribution is -0.137. The molecule has 0 saturated heterocycles. The van der Waals surface area contributed by atoms with Crippen LogP contribution in [0.5, 0.6) is 0 Å². The van der Waals surface area contributed by atoms with E-state index < -0.39 is 5.97 Å². The van der Waals surface area contributed by atoms with Crippen LogP contribution in [-0.2, 0) is 22.7 Å².